The second kappa shape index (κ2) is 3.26. The highest BCUT2D eigenvalue weighted by Crippen LogP contribution is 2.20. The standard InChI is InChI=1S/C4H3Cl2NO2S2/c5-3-1-7-4(10-3)2-11(6,8)9/h1H,2H2. The molecule has 0 bridgehead atoms. The highest BCUT2D eigenvalue weighted by molar-refractivity contribution is 8.13. The summed E-state index contributed by atoms with van der Waals surface area (Å²) in [6, 6.07) is 0. The van der Waals surface area contributed by atoms with Gasteiger partial charge in [-0.2, -0.15) is 0 Å². The van der Waals surface area contributed by atoms with E-state index in [2.05, 4.69) is 4.98 Å². The first kappa shape index (κ1) is 9.25. The summed E-state index contributed by atoms with van der Waals surface area (Å²) in [4.78, 5) is 3.72. The fourth-order valence-corrected chi connectivity index (χ4v) is 2.83. The van der Waals surface area contributed by atoms with Crippen LogP contribution >= 0.6 is 33.6 Å². The average Bonchev–Trinajstić information content (AvgIpc) is 2.10. The topological polar surface area (TPSA) is 47.0 Å². The summed E-state index contributed by atoms with van der Waals surface area (Å²) < 4.78 is 21.5. The zero-order valence-corrected chi connectivity index (χ0v) is 8.27. The van der Waals surface area contributed by atoms with Gasteiger partial charge in [-0.3, -0.25) is 0 Å². The SMILES string of the molecule is O=S(=O)(Cl)Cc1ncc(Cl)s1. The van der Waals surface area contributed by atoms with E-state index in [4.69, 9.17) is 22.3 Å². The number of nitrogens with zero attached hydrogens (tertiary/aromatic N) is 1. The molecule has 1 rings (SSSR count). The predicted octanol–water partition coefficient (Wildman–Crippen LogP) is 1.87. The van der Waals surface area contributed by atoms with Crippen molar-refractivity contribution in [3.05, 3.63) is 15.5 Å². The van der Waals surface area contributed by atoms with E-state index in [1.165, 1.54) is 6.20 Å². The van der Waals surface area contributed by atoms with Gasteiger partial charge in [0.15, 0.2) is 0 Å². The summed E-state index contributed by atoms with van der Waals surface area (Å²) in [5, 5.41) is 0.407. The summed E-state index contributed by atoms with van der Waals surface area (Å²) in [6.07, 6.45) is 1.39. The summed E-state index contributed by atoms with van der Waals surface area (Å²) in [6.45, 7) is 0. The highest BCUT2D eigenvalue weighted by Gasteiger charge is 2.09. The van der Waals surface area contributed by atoms with E-state index < -0.39 is 9.05 Å². The molecule has 0 aliphatic carbocycles. The Bertz CT molecular complexity index is 345. The number of halogens is 2. The molecule has 0 unspecified atom stereocenters. The molecule has 1 aromatic heterocycles. The van der Waals surface area contributed by atoms with Gasteiger partial charge in [-0.1, -0.05) is 11.6 Å². The van der Waals surface area contributed by atoms with Crippen LogP contribution in [0.25, 0.3) is 0 Å². The molecule has 62 valence electrons. The second-order valence-corrected chi connectivity index (χ2v) is 6.26. The Hall–Kier alpha value is 0.160. The lowest BCUT2D eigenvalue weighted by molar-refractivity contribution is 0.609. The molecule has 0 N–H and O–H groups in total. The Balaban J connectivity index is 2.81. The van der Waals surface area contributed by atoms with Crippen molar-refractivity contribution < 1.29 is 8.42 Å². The molecule has 0 aliphatic rings. The number of hydrogen-bond acceptors (Lipinski definition) is 4. The van der Waals surface area contributed by atoms with E-state index in [1.54, 1.807) is 0 Å². The Kier molecular flexibility index (Phi) is 2.74. The maximum atomic E-state index is 10.5. The molecule has 0 fully saturated rings. The first-order chi connectivity index (χ1) is 4.97. The molecule has 0 saturated carbocycles. The van der Waals surface area contributed by atoms with Crippen molar-refractivity contribution in [3.63, 3.8) is 0 Å². The predicted molar refractivity (Wildman–Crippen MR) is 45.6 cm³/mol. The fraction of sp³-hybridized carbons (Fsp3) is 0.250. The highest BCUT2D eigenvalue weighted by atomic mass is 35.7. The van der Waals surface area contributed by atoms with Crippen LogP contribution in [0.2, 0.25) is 4.34 Å². The minimum Gasteiger partial charge on any atom is -0.247 e. The minimum atomic E-state index is -3.50. The maximum absolute atomic E-state index is 10.5. The Morgan fingerprint density at radius 1 is 1.64 bits per heavy atom. The zero-order valence-electron chi connectivity index (χ0n) is 5.12. The summed E-state index contributed by atoms with van der Waals surface area (Å²) in [5.41, 5.74) is 0. The molecule has 1 heterocycles. The van der Waals surface area contributed by atoms with Crippen molar-refractivity contribution in [1.82, 2.24) is 4.98 Å². The monoisotopic (exact) mass is 231 g/mol. The van der Waals surface area contributed by atoms with Crippen molar-refractivity contribution in [3.8, 4) is 0 Å². The number of thiazole rings is 1. The molecule has 11 heavy (non-hydrogen) atoms. The molecule has 0 radical (unpaired) electrons. The first-order valence-electron chi connectivity index (χ1n) is 2.50. The fourth-order valence-electron chi connectivity index (χ4n) is 0.502. The molecule has 1 aromatic rings. The third kappa shape index (κ3) is 3.37. The Morgan fingerprint density at radius 3 is 2.64 bits per heavy atom. The zero-order chi connectivity index (χ0) is 8.48. The van der Waals surface area contributed by atoms with E-state index in [0.717, 1.165) is 11.3 Å². The maximum Gasteiger partial charge on any atom is 0.239 e. The summed E-state index contributed by atoms with van der Waals surface area (Å²) in [7, 11) is 1.47. The van der Waals surface area contributed by atoms with Gasteiger partial charge in [0.05, 0.1) is 6.20 Å². The van der Waals surface area contributed by atoms with Crippen LogP contribution in [0.1, 0.15) is 5.01 Å². The summed E-state index contributed by atoms with van der Waals surface area (Å²) >= 11 is 6.61. The van der Waals surface area contributed by atoms with Crippen LogP contribution < -0.4 is 0 Å². The van der Waals surface area contributed by atoms with Crippen molar-refractivity contribution in [2.24, 2.45) is 0 Å². The van der Waals surface area contributed by atoms with Crippen molar-refractivity contribution >= 4 is 42.7 Å². The molecular formula is C4H3Cl2NO2S2. The van der Waals surface area contributed by atoms with Gasteiger partial charge in [-0.15, -0.1) is 11.3 Å². The summed E-state index contributed by atoms with van der Waals surface area (Å²) in [5.74, 6) is -0.258. The Morgan fingerprint density at radius 2 is 2.27 bits per heavy atom. The normalized spacial score (nSPS) is 11.8. The van der Waals surface area contributed by atoms with Gasteiger partial charge >= 0.3 is 0 Å². The van der Waals surface area contributed by atoms with Crippen molar-refractivity contribution in [2.45, 2.75) is 5.75 Å². The number of aromatic nitrogens is 1. The molecule has 0 aliphatic heterocycles. The van der Waals surface area contributed by atoms with Gasteiger partial charge < -0.3 is 0 Å². The van der Waals surface area contributed by atoms with E-state index in [-0.39, 0.29) is 5.75 Å². The number of rotatable bonds is 2. The van der Waals surface area contributed by atoms with E-state index in [0.29, 0.717) is 9.34 Å². The van der Waals surface area contributed by atoms with Gasteiger partial charge in [0, 0.05) is 10.7 Å². The van der Waals surface area contributed by atoms with Gasteiger partial charge in [0.1, 0.15) is 15.1 Å². The van der Waals surface area contributed by atoms with Crippen LogP contribution in [-0.4, -0.2) is 13.4 Å². The minimum absolute atomic E-state index is 0.258. The van der Waals surface area contributed by atoms with Crippen LogP contribution in [0, 0.1) is 0 Å². The smallest absolute Gasteiger partial charge is 0.239 e. The van der Waals surface area contributed by atoms with E-state index in [1.807, 2.05) is 0 Å². The van der Waals surface area contributed by atoms with E-state index >= 15 is 0 Å². The van der Waals surface area contributed by atoms with Crippen molar-refractivity contribution in [2.75, 3.05) is 0 Å². The molecule has 0 spiro atoms. The molecule has 0 atom stereocenters. The lowest BCUT2D eigenvalue weighted by atomic mass is 10.8. The molecular weight excluding hydrogens is 229 g/mol. The quantitative estimate of drug-likeness (QED) is 0.731. The molecule has 3 nitrogen and oxygen atoms in total. The number of hydrogen-bond donors (Lipinski definition) is 0. The average molecular weight is 232 g/mol. The van der Waals surface area contributed by atoms with Gasteiger partial charge in [-0.25, -0.2) is 13.4 Å². The molecule has 7 heteroatoms. The molecule has 0 amide bonds. The lowest BCUT2D eigenvalue weighted by Gasteiger charge is -1.87. The third-order valence-electron chi connectivity index (χ3n) is 0.821. The van der Waals surface area contributed by atoms with Crippen LogP contribution in [-0.2, 0) is 14.8 Å². The van der Waals surface area contributed by atoms with Crippen LogP contribution in [0.3, 0.4) is 0 Å². The lowest BCUT2D eigenvalue weighted by Crippen LogP contribution is -1.93. The van der Waals surface area contributed by atoms with Crippen LogP contribution in [0.4, 0.5) is 0 Å². The third-order valence-corrected chi connectivity index (χ3v) is 3.06. The van der Waals surface area contributed by atoms with Gasteiger partial charge in [0.25, 0.3) is 0 Å². The van der Waals surface area contributed by atoms with Crippen molar-refractivity contribution in [1.29, 1.82) is 0 Å². The largest absolute Gasteiger partial charge is 0.247 e. The van der Waals surface area contributed by atoms with Gasteiger partial charge in [0.2, 0.25) is 9.05 Å². The van der Waals surface area contributed by atoms with Gasteiger partial charge in [-0.05, 0) is 0 Å². The Labute approximate surface area is 77.4 Å². The first-order valence-corrected chi connectivity index (χ1v) is 6.17. The van der Waals surface area contributed by atoms with E-state index in [9.17, 15) is 8.42 Å². The van der Waals surface area contributed by atoms with Crippen LogP contribution in [0.15, 0.2) is 6.20 Å². The van der Waals surface area contributed by atoms with Crippen LogP contribution in [0.5, 0.6) is 0 Å². The molecule has 0 aromatic carbocycles. The second-order valence-electron chi connectivity index (χ2n) is 1.74. The molecule has 0 saturated heterocycles.